The van der Waals surface area contributed by atoms with E-state index in [0.717, 1.165) is 43.6 Å². The van der Waals surface area contributed by atoms with E-state index in [1.165, 1.54) is 0 Å². The summed E-state index contributed by atoms with van der Waals surface area (Å²) in [5, 5.41) is 9.91. The van der Waals surface area contributed by atoms with Gasteiger partial charge in [-0.15, -0.1) is 11.3 Å². The zero-order valence-electron chi connectivity index (χ0n) is 13.7. The molecule has 3 fully saturated rings. The highest BCUT2D eigenvalue weighted by molar-refractivity contribution is 7.09. The first-order valence-electron chi connectivity index (χ1n) is 8.70. The van der Waals surface area contributed by atoms with E-state index in [2.05, 4.69) is 9.88 Å². The lowest BCUT2D eigenvalue weighted by atomic mass is 9.81. The zero-order chi connectivity index (χ0) is 16.7. The zero-order valence-corrected chi connectivity index (χ0v) is 14.5. The standard InChI is InChI=1S/C17H23N3O3S/c21-15(12-3-1-2-4-12)20-7-13-6-19(8-14-5-18-11-24-14)9-17(13,10-20)16(22)23/h5,11-13H,1-4,6-10H2,(H,22,23)/t13-,17-/m0/s1. The van der Waals surface area contributed by atoms with E-state index in [1.807, 2.05) is 11.1 Å². The van der Waals surface area contributed by atoms with Gasteiger partial charge in [-0.1, -0.05) is 12.8 Å². The Labute approximate surface area is 145 Å². The lowest BCUT2D eigenvalue weighted by Gasteiger charge is -2.26. The number of carbonyl (C=O) groups is 2. The lowest BCUT2D eigenvalue weighted by Crippen LogP contribution is -2.42. The molecule has 3 heterocycles. The molecule has 1 aromatic rings. The van der Waals surface area contributed by atoms with Crippen molar-refractivity contribution < 1.29 is 14.7 Å². The average molecular weight is 349 g/mol. The van der Waals surface area contributed by atoms with E-state index < -0.39 is 11.4 Å². The minimum atomic E-state index is -0.793. The quantitative estimate of drug-likeness (QED) is 0.895. The summed E-state index contributed by atoms with van der Waals surface area (Å²) in [7, 11) is 0. The van der Waals surface area contributed by atoms with Gasteiger partial charge in [0.2, 0.25) is 5.91 Å². The van der Waals surface area contributed by atoms with Crippen molar-refractivity contribution in [3.05, 3.63) is 16.6 Å². The molecule has 1 aliphatic carbocycles. The Bertz CT molecular complexity index is 629. The number of thiazole rings is 1. The van der Waals surface area contributed by atoms with Gasteiger partial charge in [0.15, 0.2) is 0 Å². The van der Waals surface area contributed by atoms with Gasteiger partial charge in [0.05, 0.1) is 5.51 Å². The second-order valence-corrected chi connectivity index (χ2v) is 8.47. The second kappa shape index (κ2) is 6.11. The summed E-state index contributed by atoms with van der Waals surface area (Å²) in [6, 6.07) is 0. The van der Waals surface area contributed by atoms with Crippen LogP contribution in [-0.4, -0.2) is 57.9 Å². The number of amides is 1. The van der Waals surface area contributed by atoms with E-state index in [-0.39, 0.29) is 17.7 Å². The SMILES string of the molecule is O=C(C1CCCC1)N1C[C@@H]2CN(Cc3cncs3)C[C@]2(C(=O)O)C1. The molecule has 0 radical (unpaired) electrons. The number of hydrogen-bond donors (Lipinski definition) is 1. The van der Waals surface area contributed by atoms with Crippen molar-refractivity contribution in [1.29, 1.82) is 0 Å². The maximum absolute atomic E-state index is 12.7. The second-order valence-electron chi connectivity index (χ2n) is 7.50. The maximum Gasteiger partial charge on any atom is 0.313 e. The van der Waals surface area contributed by atoms with Gasteiger partial charge in [-0.2, -0.15) is 0 Å². The third kappa shape index (κ3) is 2.63. The monoisotopic (exact) mass is 349 g/mol. The lowest BCUT2D eigenvalue weighted by molar-refractivity contribution is -0.149. The molecule has 4 rings (SSSR count). The number of carboxylic acid groups (broad SMARTS) is 1. The fraction of sp³-hybridized carbons (Fsp3) is 0.706. The van der Waals surface area contributed by atoms with Crippen molar-refractivity contribution >= 4 is 23.2 Å². The summed E-state index contributed by atoms with van der Waals surface area (Å²) in [4.78, 5) is 34.1. The molecule has 1 N–H and O–H groups in total. The minimum Gasteiger partial charge on any atom is -0.481 e. The number of hydrogen-bond acceptors (Lipinski definition) is 5. The highest BCUT2D eigenvalue weighted by Gasteiger charge is 2.58. The molecule has 6 nitrogen and oxygen atoms in total. The van der Waals surface area contributed by atoms with Gasteiger partial charge in [0, 0.05) is 55.6 Å². The smallest absolute Gasteiger partial charge is 0.313 e. The predicted molar refractivity (Wildman–Crippen MR) is 89.5 cm³/mol. The Balaban J connectivity index is 1.47. The van der Waals surface area contributed by atoms with Crippen LogP contribution in [-0.2, 0) is 16.1 Å². The van der Waals surface area contributed by atoms with Crippen molar-refractivity contribution in [2.24, 2.45) is 17.3 Å². The van der Waals surface area contributed by atoms with Gasteiger partial charge in [0.25, 0.3) is 0 Å². The van der Waals surface area contributed by atoms with Crippen molar-refractivity contribution in [3.63, 3.8) is 0 Å². The molecule has 0 aromatic carbocycles. The van der Waals surface area contributed by atoms with Crippen LogP contribution in [0.2, 0.25) is 0 Å². The Morgan fingerprint density at radius 3 is 2.71 bits per heavy atom. The molecular weight excluding hydrogens is 326 g/mol. The Hall–Kier alpha value is -1.47. The van der Waals surface area contributed by atoms with E-state index >= 15 is 0 Å². The summed E-state index contributed by atoms with van der Waals surface area (Å²) in [6.07, 6.45) is 6.04. The normalized spacial score (nSPS) is 30.8. The fourth-order valence-corrected chi connectivity index (χ4v) is 5.37. The first-order valence-corrected chi connectivity index (χ1v) is 9.58. The summed E-state index contributed by atoms with van der Waals surface area (Å²) < 4.78 is 0. The molecule has 2 atom stereocenters. The van der Waals surface area contributed by atoms with Crippen LogP contribution < -0.4 is 0 Å². The predicted octanol–water partition coefficient (Wildman–Crippen LogP) is 1.68. The summed E-state index contributed by atoms with van der Waals surface area (Å²) in [5.74, 6) is -0.395. The molecular formula is C17H23N3O3S. The third-order valence-corrected chi connectivity index (χ3v) is 6.75. The Kier molecular flexibility index (Phi) is 4.08. The van der Waals surface area contributed by atoms with Crippen LogP contribution in [0.4, 0.5) is 0 Å². The number of carboxylic acids is 1. The van der Waals surface area contributed by atoms with Crippen molar-refractivity contribution in [2.45, 2.75) is 32.2 Å². The number of aromatic nitrogens is 1. The molecule has 130 valence electrons. The van der Waals surface area contributed by atoms with Crippen LogP contribution in [0.3, 0.4) is 0 Å². The van der Waals surface area contributed by atoms with Gasteiger partial charge >= 0.3 is 5.97 Å². The fourth-order valence-electron chi connectivity index (χ4n) is 4.73. The van der Waals surface area contributed by atoms with Crippen LogP contribution in [0.15, 0.2) is 11.7 Å². The maximum atomic E-state index is 12.7. The topological polar surface area (TPSA) is 73.7 Å². The highest BCUT2D eigenvalue weighted by atomic mass is 32.1. The third-order valence-electron chi connectivity index (χ3n) is 5.98. The molecule has 1 amide bonds. The number of rotatable bonds is 4. The minimum absolute atomic E-state index is 0.0354. The van der Waals surface area contributed by atoms with Crippen molar-refractivity contribution in [1.82, 2.24) is 14.8 Å². The van der Waals surface area contributed by atoms with E-state index in [1.54, 1.807) is 16.8 Å². The first-order chi connectivity index (χ1) is 11.6. The number of carbonyl (C=O) groups excluding carboxylic acids is 1. The first kappa shape index (κ1) is 16.0. The van der Waals surface area contributed by atoms with E-state index in [0.29, 0.717) is 19.6 Å². The van der Waals surface area contributed by atoms with Crippen LogP contribution in [0, 0.1) is 17.3 Å². The summed E-state index contributed by atoms with van der Waals surface area (Å²) >= 11 is 1.60. The average Bonchev–Trinajstić information content (AvgIpc) is 3.30. The largest absolute Gasteiger partial charge is 0.481 e. The van der Waals surface area contributed by atoms with Crippen LogP contribution >= 0.6 is 11.3 Å². The molecule has 0 bridgehead atoms. The molecule has 1 saturated carbocycles. The molecule has 0 unspecified atom stereocenters. The summed E-state index contributed by atoms with van der Waals surface area (Å²) in [6.45, 7) is 3.01. The van der Waals surface area contributed by atoms with E-state index in [4.69, 9.17) is 0 Å². The Morgan fingerprint density at radius 2 is 2.08 bits per heavy atom. The molecule has 7 heteroatoms. The van der Waals surface area contributed by atoms with Gasteiger partial charge in [-0.25, -0.2) is 0 Å². The van der Waals surface area contributed by atoms with Gasteiger partial charge in [-0.05, 0) is 12.8 Å². The number of likely N-dealkylation sites (tertiary alicyclic amines) is 2. The number of aliphatic carboxylic acids is 1. The van der Waals surface area contributed by atoms with Crippen LogP contribution in [0.1, 0.15) is 30.6 Å². The van der Waals surface area contributed by atoms with Gasteiger partial charge < -0.3 is 10.0 Å². The van der Waals surface area contributed by atoms with Crippen LogP contribution in [0.25, 0.3) is 0 Å². The van der Waals surface area contributed by atoms with E-state index in [9.17, 15) is 14.7 Å². The molecule has 0 spiro atoms. The Morgan fingerprint density at radius 1 is 1.29 bits per heavy atom. The van der Waals surface area contributed by atoms with Crippen LogP contribution in [0.5, 0.6) is 0 Å². The number of fused-ring (bicyclic) bond motifs is 1. The molecule has 2 aliphatic heterocycles. The molecule has 1 aromatic heterocycles. The molecule has 2 saturated heterocycles. The van der Waals surface area contributed by atoms with Gasteiger partial charge in [-0.3, -0.25) is 19.5 Å². The highest BCUT2D eigenvalue weighted by Crippen LogP contribution is 2.44. The van der Waals surface area contributed by atoms with Gasteiger partial charge in [0.1, 0.15) is 5.41 Å². The summed E-state index contributed by atoms with van der Waals surface area (Å²) in [5.41, 5.74) is 1.01. The van der Waals surface area contributed by atoms with Crippen molar-refractivity contribution in [3.8, 4) is 0 Å². The van der Waals surface area contributed by atoms with Crippen molar-refractivity contribution in [2.75, 3.05) is 26.2 Å². The number of nitrogens with zero attached hydrogens (tertiary/aromatic N) is 3. The molecule has 24 heavy (non-hydrogen) atoms. The molecule has 3 aliphatic rings.